The van der Waals surface area contributed by atoms with Crippen molar-refractivity contribution in [2.75, 3.05) is 26.0 Å². The second kappa shape index (κ2) is 6.62. The van der Waals surface area contributed by atoms with E-state index < -0.39 is 17.7 Å². The van der Waals surface area contributed by atoms with Crippen LogP contribution in [-0.4, -0.2) is 48.5 Å². The number of amides is 1. The van der Waals surface area contributed by atoms with E-state index in [1.165, 1.54) is 4.90 Å². The Bertz CT molecular complexity index is 250. The van der Waals surface area contributed by atoms with E-state index in [2.05, 4.69) is 12.6 Å². The Labute approximate surface area is 101 Å². The van der Waals surface area contributed by atoms with Gasteiger partial charge in [-0.1, -0.05) is 0 Å². The smallest absolute Gasteiger partial charge is 0.410 e. The van der Waals surface area contributed by atoms with Gasteiger partial charge in [-0.2, -0.15) is 12.6 Å². The molecule has 0 unspecified atom stereocenters. The topological polar surface area (TPSA) is 55.8 Å². The Kier molecular flexibility index (Phi) is 6.25. The SMILES string of the molecule is CN(CCOC(=O)CS)C(=O)OC(C)(C)C. The third-order valence-corrected chi connectivity index (χ3v) is 1.78. The fourth-order valence-corrected chi connectivity index (χ4v) is 0.864. The lowest BCUT2D eigenvalue weighted by atomic mass is 10.2. The van der Waals surface area contributed by atoms with Crippen LogP contribution in [0.15, 0.2) is 0 Å². The lowest BCUT2D eigenvalue weighted by Crippen LogP contribution is -2.36. The molecule has 94 valence electrons. The average Bonchev–Trinajstić information content (AvgIpc) is 2.14. The first-order valence-electron chi connectivity index (χ1n) is 4.97. The highest BCUT2D eigenvalue weighted by atomic mass is 32.1. The first kappa shape index (κ1) is 15.1. The largest absolute Gasteiger partial charge is 0.463 e. The summed E-state index contributed by atoms with van der Waals surface area (Å²) < 4.78 is 9.89. The maximum absolute atomic E-state index is 11.5. The number of rotatable bonds is 4. The Balaban J connectivity index is 3.84. The molecule has 0 fully saturated rings. The van der Waals surface area contributed by atoms with Gasteiger partial charge in [-0.15, -0.1) is 0 Å². The molecule has 1 amide bonds. The van der Waals surface area contributed by atoms with E-state index in [1.807, 2.05) is 0 Å². The van der Waals surface area contributed by atoms with Crippen molar-refractivity contribution in [1.29, 1.82) is 0 Å². The maximum atomic E-state index is 11.5. The zero-order valence-corrected chi connectivity index (χ0v) is 11.0. The summed E-state index contributed by atoms with van der Waals surface area (Å²) in [7, 11) is 1.59. The van der Waals surface area contributed by atoms with Gasteiger partial charge in [0.05, 0.1) is 12.3 Å². The minimum atomic E-state index is -0.521. The predicted molar refractivity (Wildman–Crippen MR) is 63.7 cm³/mol. The molecular formula is C10H19NO4S. The number of nitrogens with zero attached hydrogens (tertiary/aromatic N) is 1. The zero-order valence-electron chi connectivity index (χ0n) is 10.1. The monoisotopic (exact) mass is 249 g/mol. The van der Waals surface area contributed by atoms with Gasteiger partial charge in [-0.25, -0.2) is 4.79 Å². The molecule has 16 heavy (non-hydrogen) atoms. The van der Waals surface area contributed by atoms with E-state index >= 15 is 0 Å². The summed E-state index contributed by atoms with van der Waals surface area (Å²) in [6, 6.07) is 0. The van der Waals surface area contributed by atoms with Crippen LogP contribution in [0.5, 0.6) is 0 Å². The first-order valence-corrected chi connectivity index (χ1v) is 5.60. The third kappa shape index (κ3) is 7.39. The van der Waals surface area contributed by atoms with Crippen molar-refractivity contribution >= 4 is 24.7 Å². The van der Waals surface area contributed by atoms with E-state index in [-0.39, 0.29) is 12.4 Å². The molecule has 5 nitrogen and oxygen atoms in total. The lowest BCUT2D eigenvalue weighted by molar-refractivity contribution is -0.140. The summed E-state index contributed by atoms with van der Waals surface area (Å²) in [5.41, 5.74) is -0.521. The summed E-state index contributed by atoms with van der Waals surface area (Å²) in [4.78, 5) is 23.6. The van der Waals surface area contributed by atoms with E-state index in [1.54, 1.807) is 27.8 Å². The van der Waals surface area contributed by atoms with Crippen LogP contribution in [0.1, 0.15) is 20.8 Å². The van der Waals surface area contributed by atoms with Crippen LogP contribution in [0, 0.1) is 0 Å². The number of esters is 1. The van der Waals surface area contributed by atoms with Crippen molar-refractivity contribution < 1.29 is 19.1 Å². The number of hydrogen-bond donors (Lipinski definition) is 1. The van der Waals surface area contributed by atoms with Crippen LogP contribution in [-0.2, 0) is 14.3 Å². The number of thiol groups is 1. The van der Waals surface area contributed by atoms with Gasteiger partial charge in [0.2, 0.25) is 0 Å². The number of hydrogen-bond acceptors (Lipinski definition) is 5. The van der Waals surface area contributed by atoms with Crippen molar-refractivity contribution in [1.82, 2.24) is 4.90 Å². The van der Waals surface area contributed by atoms with Crippen molar-refractivity contribution in [3.8, 4) is 0 Å². The van der Waals surface area contributed by atoms with Gasteiger partial charge in [-0.05, 0) is 20.8 Å². The maximum Gasteiger partial charge on any atom is 0.410 e. The fourth-order valence-electron chi connectivity index (χ4n) is 0.773. The Morgan fingerprint density at radius 3 is 2.31 bits per heavy atom. The highest BCUT2D eigenvalue weighted by molar-refractivity contribution is 7.81. The molecule has 0 saturated carbocycles. The normalized spacial score (nSPS) is 10.8. The quantitative estimate of drug-likeness (QED) is 0.603. The van der Waals surface area contributed by atoms with Crippen LogP contribution in [0.3, 0.4) is 0 Å². The van der Waals surface area contributed by atoms with Gasteiger partial charge in [0.15, 0.2) is 0 Å². The number of likely N-dealkylation sites (N-methyl/N-ethyl adjacent to an activating group) is 1. The van der Waals surface area contributed by atoms with Crippen LogP contribution in [0.2, 0.25) is 0 Å². The van der Waals surface area contributed by atoms with Gasteiger partial charge in [0, 0.05) is 7.05 Å². The van der Waals surface area contributed by atoms with E-state index in [0.29, 0.717) is 6.54 Å². The van der Waals surface area contributed by atoms with E-state index in [4.69, 9.17) is 9.47 Å². The second-order valence-electron chi connectivity index (χ2n) is 4.28. The molecule has 0 N–H and O–H groups in total. The standard InChI is InChI=1S/C10H19NO4S/c1-10(2,3)15-9(13)11(4)5-6-14-8(12)7-16/h16H,5-7H2,1-4H3. The molecule has 0 aliphatic heterocycles. The molecule has 0 aliphatic carbocycles. The first-order chi connectivity index (χ1) is 7.26. The van der Waals surface area contributed by atoms with Crippen molar-refractivity contribution in [3.63, 3.8) is 0 Å². The summed E-state index contributed by atoms with van der Waals surface area (Å²) >= 11 is 3.76. The molecule has 0 aromatic carbocycles. The molecule has 0 rings (SSSR count). The molecule has 0 saturated heterocycles. The van der Waals surface area contributed by atoms with E-state index in [0.717, 1.165) is 0 Å². The van der Waals surface area contributed by atoms with Crippen LogP contribution in [0.25, 0.3) is 0 Å². The minimum Gasteiger partial charge on any atom is -0.463 e. The van der Waals surface area contributed by atoms with Crippen molar-refractivity contribution in [2.45, 2.75) is 26.4 Å². The molecule has 0 radical (unpaired) electrons. The van der Waals surface area contributed by atoms with Crippen molar-refractivity contribution in [2.24, 2.45) is 0 Å². The van der Waals surface area contributed by atoms with E-state index in [9.17, 15) is 9.59 Å². The Morgan fingerprint density at radius 2 is 1.88 bits per heavy atom. The van der Waals surface area contributed by atoms with Crippen LogP contribution < -0.4 is 0 Å². The summed E-state index contributed by atoms with van der Waals surface area (Å²) in [5, 5.41) is 0. The fraction of sp³-hybridized carbons (Fsp3) is 0.800. The van der Waals surface area contributed by atoms with Crippen molar-refractivity contribution in [3.05, 3.63) is 0 Å². The molecule has 0 aromatic heterocycles. The average molecular weight is 249 g/mol. The molecule has 0 aliphatic rings. The van der Waals surface area contributed by atoms with Gasteiger partial charge in [0.25, 0.3) is 0 Å². The molecule has 0 bridgehead atoms. The number of ether oxygens (including phenoxy) is 2. The second-order valence-corrected chi connectivity index (χ2v) is 4.60. The van der Waals surface area contributed by atoms with Gasteiger partial charge in [-0.3, -0.25) is 4.79 Å². The molecule has 0 atom stereocenters. The summed E-state index contributed by atoms with van der Waals surface area (Å²) in [6.07, 6.45) is -0.436. The Morgan fingerprint density at radius 1 is 1.31 bits per heavy atom. The number of carbonyl (C=O) groups excluding carboxylic acids is 2. The third-order valence-electron chi connectivity index (χ3n) is 1.52. The zero-order chi connectivity index (χ0) is 12.8. The van der Waals surface area contributed by atoms with Gasteiger partial charge in [0.1, 0.15) is 12.2 Å². The molecule has 0 heterocycles. The summed E-state index contributed by atoms with van der Waals surface area (Å²) in [5.74, 6) is -0.364. The molecule has 0 aromatic rings. The highest BCUT2D eigenvalue weighted by Gasteiger charge is 2.19. The molecular weight excluding hydrogens is 230 g/mol. The molecule has 0 spiro atoms. The van der Waals surface area contributed by atoms with Gasteiger partial charge >= 0.3 is 12.1 Å². The minimum absolute atomic E-state index is 0.0378. The number of carbonyl (C=O) groups is 2. The lowest BCUT2D eigenvalue weighted by Gasteiger charge is -2.24. The van der Waals surface area contributed by atoms with Crippen LogP contribution >= 0.6 is 12.6 Å². The predicted octanol–water partition coefficient (Wildman–Crippen LogP) is 1.33. The van der Waals surface area contributed by atoms with Gasteiger partial charge < -0.3 is 14.4 Å². The Hall–Kier alpha value is -0.910. The molecule has 6 heteroatoms. The summed E-state index contributed by atoms with van der Waals surface area (Å²) in [6.45, 7) is 5.82. The highest BCUT2D eigenvalue weighted by Crippen LogP contribution is 2.08. The van der Waals surface area contributed by atoms with Crippen LogP contribution in [0.4, 0.5) is 4.79 Å².